The van der Waals surface area contributed by atoms with Gasteiger partial charge in [0.25, 0.3) is 0 Å². The Morgan fingerprint density at radius 2 is 1.88 bits per heavy atom. The van der Waals surface area contributed by atoms with Gasteiger partial charge in [-0.15, -0.1) is 0 Å². The lowest BCUT2D eigenvalue weighted by molar-refractivity contribution is 0.403. The monoisotopic (exact) mass is 219 g/mol. The van der Waals surface area contributed by atoms with Gasteiger partial charge < -0.3 is 5.73 Å². The van der Waals surface area contributed by atoms with E-state index in [2.05, 4.69) is 0 Å². The number of aryl methyl sites for hydroxylation is 1. The van der Waals surface area contributed by atoms with Crippen LogP contribution in [0.3, 0.4) is 0 Å². The highest BCUT2D eigenvalue weighted by Gasteiger charge is 2.47. The average Bonchev–Trinajstić information content (AvgIpc) is 2.83. The minimum absolute atomic E-state index is 0.0298. The highest BCUT2D eigenvalue weighted by molar-refractivity contribution is 5.27. The van der Waals surface area contributed by atoms with Gasteiger partial charge in [-0.1, -0.05) is 6.07 Å². The molecule has 0 aliphatic heterocycles. The van der Waals surface area contributed by atoms with Crippen LogP contribution in [0.25, 0.3) is 0 Å². The zero-order valence-corrected chi connectivity index (χ0v) is 9.62. The number of rotatable bonds is 2. The van der Waals surface area contributed by atoms with Crippen molar-refractivity contribution in [3.05, 3.63) is 35.1 Å². The smallest absolute Gasteiger partial charge is 0.123 e. The van der Waals surface area contributed by atoms with Crippen LogP contribution in [-0.4, -0.2) is 0 Å². The first kappa shape index (κ1) is 10.3. The molecule has 0 radical (unpaired) electrons. The first-order valence-electron chi connectivity index (χ1n) is 6.16. The lowest BCUT2D eigenvalue weighted by atomic mass is 9.89. The molecule has 2 fully saturated rings. The summed E-state index contributed by atoms with van der Waals surface area (Å²) in [7, 11) is 0. The third-order valence-corrected chi connectivity index (χ3v) is 4.24. The van der Waals surface area contributed by atoms with Crippen LogP contribution in [-0.2, 0) is 0 Å². The van der Waals surface area contributed by atoms with E-state index in [1.807, 2.05) is 13.0 Å². The van der Waals surface area contributed by atoms with Crippen molar-refractivity contribution < 1.29 is 4.39 Å². The number of hydrogen-bond acceptors (Lipinski definition) is 1. The Labute approximate surface area is 95.8 Å². The molecule has 0 saturated heterocycles. The molecule has 0 bridgehead atoms. The molecular formula is C14H18FN. The van der Waals surface area contributed by atoms with E-state index in [-0.39, 0.29) is 11.9 Å². The molecule has 3 unspecified atom stereocenters. The largest absolute Gasteiger partial charge is 0.324 e. The van der Waals surface area contributed by atoms with Gasteiger partial charge in [-0.3, -0.25) is 0 Å². The second-order valence-corrected chi connectivity index (χ2v) is 5.58. The summed E-state index contributed by atoms with van der Waals surface area (Å²) in [5, 5.41) is 0. The normalized spacial score (nSPS) is 33.6. The topological polar surface area (TPSA) is 26.0 Å². The summed E-state index contributed by atoms with van der Waals surface area (Å²) in [6, 6.07) is 5.21. The minimum Gasteiger partial charge on any atom is -0.324 e. The molecule has 0 amide bonds. The van der Waals surface area contributed by atoms with Crippen molar-refractivity contribution in [3.8, 4) is 0 Å². The van der Waals surface area contributed by atoms with Gasteiger partial charge in [0.2, 0.25) is 0 Å². The van der Waals surface area contributed by atoms with Gasteiger partial charge >= 0.3 is 0 Å². The SMILES string of the molecule is Cc1cc(F)cc(C(N)C2CC3CC3C2)c1. The summed E-state index contributed by atoms with van der Waals surface area (Å²) in [6.07, 6.45) is 3.91. The molecule has 1 nitrogen and oxygen atoms in total. The maximum absolute atomic E-state index is 13.3. The summed E-state index contributed by atoms with van der Waals surface area (Å²) in [6.45, 7) is 1.92. The molecule has 2 heteroatoms. The average molecular weight is 219 g/mol. The van der Waals surface area contributed by atoms with Crippen molar-refractivity contribution in [2.24, 2.45) is 23.5 Å². The molecule has 2 saturated carbocycles. The highest BCUT2D eigenvalue weighted by atomic mass is 19.1. The Morgan fingerprint density at radius 1 is 1.19 bits per heavy atom. The molecule has 3 atom stereocenters. The molecule has 86 valence electrons. The summed E-state index contributed by atoms with van der Waals surface area (Å²) in [5.74, 6) is 2.29. The van der Waals surface area contributed by atoms with E-state index in [0.29, 0.717) is 5.92 Å². The van der Waals surface area contributed by atoms with Crippen molar-refractivity contribution in [2.45, 2.75) is 32.2 Å². The van der Waals surface area contributed by atoms with Crippen LogP contribution in [0.1, 0.15) is 36.4 Å². The van der Waals surface area contributed by atoms with E-state index in [1.165, 1.54) is 19.3 Å². The van der Waals surface area contributed by atoms with Crippen LogP contribution >= 0.6 is 0 Å². The van der Waals surface area contributed by atoms with Gasteiger partial charge in [0.15, 0.2) is 0 Å². The standard InChI is InChI=1S/C14H18FN/c1-8-2-11(7-13(15)3-8)14(16)12-5-9-4-10(9)6-12/h2-3,7,9-10,12,14H,4-6,16H2,1H3. The van der Waals surface area contributed by atoms with E-state index >= 15 is 0 Å². The van der Waals surface area contributed by atoms with E-state index in [1.54, 1.807) is 12.1 Å². The number of nitrogens with two attached hydrogens (primary N) is 1. The fourth-order valence-electron chi connectivity index (χ4n) is 3.28. The first-order chi connectivity index (χ1) is 7.63. The van der Waals surface area contributed by atoms with Gasteiger partial charge in [-0.05, 0) is 67.2 Å². The van der Waals surface area contributed by atoms with Gasteiger partial charge in [0, 0.05) is 6.04 Å². The Bertz CT molecular complexity index is 385. The molecule has 2 aliphatic carbocycles. The van der Waals surface area contributed by atoms with Gasteiger partial charge in [0.1, 0.15) is 5.82 Å². The second-order valence-electron chi connectivity index (χ2n) is 5.58. The summed E-state index contributed by atoms with van der Waals surface area (Å²) < 4.78 is 13.3. The number of fused-ring (bicyclic) bond motifs is 1. The molecule has 1 aromatic carbocycles. The van der Waals surface area contributed by atoms with Crippen LogP contribution in [0.15, 0.2) is 18.2 Å². The fraction of sp³-hybridized carbons (Fsp3) is 0.571. The highest BCUT2D eigenvalue weighted by Crippen LogP contribution is 2.56. The lowest BCUT2D eigenvalue weighted by Gasteiger charge is -2.21. The molecule has 1 aromatic rings. The predicted molar refractivity (Wildman–Crippen MR) is 62.4 cm³/mol. The van der Waals surface area contributed by atoms with Crippen LogP contribution in [0.4, 0.5) is 4.39 Å². The first-order valence-corrected chi connectivity index (χ1v) is 6.16. The maximum Gasteiger partial charge on any atom is 0.123 e. The quantitative estimate of drug-likeness (QED) is 0.812. The van der Waals surface area contributed by atoms with Crippen molar-refractivity contribution in [3.63, 3.8) is 0 Å². The Hall–Kier alpha value is -0.890. The zero-order chi connectivity index (χ0) is 11.3. The summed E-state index contributed by atoms with van der Waals surface area (Å²) in [5.41, 5.74) is 8.20. The van der Waals surface area contributed by atoms with Crippen molar-refractivity contribution in [1.29, 1.82) is 0 Å². The number of halogens is 1. The molecular weight excluding hydrogens is 201 g/mol. The van der Waals surface area contributed by atoms with Crippen molar-refractivity contribution >= 4 is 0 Å². The van der Waals surface area contributed by atoms with Gasteiger partial charge in [-0.25, -0.2) is 4.39 Å². The predicted octanol–water partition coefficient (Wildman–Crippen LogP) is 3.18. The molecule has 0 aromatic heterocycles. The van der Waals surface area contributed by atoms with E-state index in [4.69, 9.17) is 5.73 Å². The molecule has 3 rings (SSSR count). The molecule has 16 heavy (non-hydrogen) atoms. The fourth-order valence-corrected chi connectivity index (χ4v) is 3.28. The van der Waals surface area contributed by atoms with Crippen LogP contribution in [0.2, 0.25) is 0 Å². The van der Waals surface area contributed by atoms with Crippen LogP contribution in [0.5, 0.6) is 0 Å². The number of benzene rings is 1. The molecule has 0 spiro atoms. The Kier molecular flexibility index (Phi) is 2.28. The molecule has 2 N–H and O–H groups in total. The molecule has 0 heterocycles. The zero-order valence-electron chi connectivity index (χ0n) is 9.62. The lowest BCUT2D eigenvalue weighted by Crippen LogP contribution is -2.20. The summed E-state index contributed by atoms with van der Waals surface area (Å²) >= 11 is 0. The van der Waals surface area contributed by atoms with Crippen LogP contribution < -0.4 is 5.73 Å². The van der Waals surface area contributed by atoms with Crippen molar-refractivity contribution in [1.82, 2.24) is 0 Å². The van der Waals surface area contributed by atoms with E-state index in [0.717, 1.165) is 23.0 Å². The third-order valence-electron chi connectivity index (χ3n) is 4.24. The summed E-state index contributed by atoms with van der Waals surface area (Å²) in [4.78, 5) is 0. The van der Waals surface area contributed by atoms with Gasteiger partial charge in [0.05, 0.1) is 0 Å². The minimum atomic E-state index is -0.159. The third kappa shape index (κ3) is 1.75. The van der Waals surface area contributed by atoms with Gasteiger partial charge in [-0.2, -0.15) is 0 Å². The van der Waals surface area contributed by atoms with Crippen LogP contribution in [0, 0.1) is 30.5 Å². The maximum atomic E-state index is 13.3. The second kappa shape index (κ2) is 3.56. The van der Waals surface area contributed by atoms with E-state index < -0.39 is 0 Å². The molecule has 2 aliphatic rings. The Morgan fingerprint density at radius 3 is 2.50 bits per heavy atom. The Balaban J connectivity index is 1.80. The number of hydrogen-bond donors (Lipinski definition) is 1. The van der Waals surface area contributed by atoms with Crippen molar-refractivity contribution in [2.75, 3.05) is 0 Å². The van der Waals surface area contributed by atoms with E-state index in [9.17, 15) is 4.39 Å².